The average Bonchev–Trinajstić information content (AvgIpc) is 3.41. The molecular weight excluding hydrogens is 449 g/mol. The Balaban J connectivity index is 1.44. The van der Waals surface area contributed by atoms with Crippen molar-refractivity contribution >= 4 is 46.2 Å². The number of rotatable bonds is 4. The zero-order valence-corrected chi connectivity index (χ0v) is 19.3. The van der Waals surface area contributed by atoms with Gasteiger partial charge in [0.15, 0.2) is 5.17 Å². The minimum absolute atomic E-state index is 0.0374. The van der Waals surface area contributed by atoms with Crippen LogP contribution in [-0.4, -0.2) is 28.8 Å². The largest absolute Gasteiger partial charge is 0.311 e. The van der Waals surface area contributed by atoms with Crippen molar-refractivity contribution in [1.29, 1.82) is 0 Å². The van der Waals surface area contributed by atoms with E-state index in [0.717, 1.165) is 23.2 Å². The maximum atomic E-state index is 13.5. The number of hydrogen-bond acceptors (Lipinski definition) is 4. The molecule has 0 saturated carbocycles. The number of anilines is 2. The van der Waals surface area contributed by atoms with Crippen molar-refractivity contribution < 1.29 is 14.0 Å². The lowest BCUT2D eigenvalue weighted by atomic mass is 10.2. The van der Waals surface area contributed by atoms with Crippen molar-refractivity contribution in [3.63, 3.8) is 0 Å². The van der Waals surface area contributed by atoms with Gasteiger partial charge < -0.3 is 4.90 Å². The Morgan fingerprint density at radius 3 is 2.50 bits per heavy atom. The third-order valence-corrected chi connectivity index (χ3v) is 6.84. The number of carbonyl (C=O) groups excluding carboxylic acids is 2. The molecule has 5 rings (SSSR count). The fraction of sp³-hybridized carbons (Fsp3) is 0.148. The highest BCUT2D eigenvalue weighted by Crippen LogP contribution is 2.34. The van der Waals surface area contributed by atoms with Gasteiger partial charge in [0.25, 0.3) is 5.91 Å². The van der Waals surface area contributed by atoms with Crippen LogP contribution in [0, 0.1) is 5.82 Å². The third-order valence-electron chi connectivity index (χ3n) is 5.80. The normalized spacial score (nSPS) is 17.2. The monoisotopic (exact) mass is 471 g/mol. The summed E-state index contributed by atoms with van der Waals surface area (Å²) in [5, 5.41) is -0.0798. The van der Waals surface area contributed by atoms with Gasteiger partial charge in [0.05, 0.1) is 10.9 Å². The second-order valence-electron chi connectivity index (χ2n) is 8.08. The molecule has 170 valence electrons. The summed E-state index contributed by atoms with van der Waals surface area (Å²) in [5.74, 6) is -0.744. The summed E-state index contributed by atoms with van der Waals surface area (Å²) in [4.78, 5) is 34.5. The van der Waals surface area contributed by atoms with Crippen LogP contribution in [0.2, 0.25) is 0 Å². The number of fused-ring (bicyclic) bond motifs is 1. The molecule has 0 bridgehead atoms. The summed E-state index contributed by atoms with van der Waals surface area (Å²) >= 11 is 1.23. The number of benzene rings is 3. The fourth-order valence-corrected chi connectivity index (χ4v) is 5.08. The molecule has 0 saturated heterocycles. The lowest BCUT2D eigenvalue weighted by Gasteiger charge is -2.23. The van der Waals surface area contributed by atoms with Crippen LogP contribution in [-0.2, 0) is 16.0 Å². The number of aliphatic imine (C=N–C) groups is 1. The minimum atomic E-state index is -0.475. The summed E-state index contributed by atoms with van der Waals surface area (Å²) in [6, 6.07) is 23.0. The predicted octanol–water partition coefficient (Wildman–Crippen LogP) is 5.28. The first-order valence-corrected chi connectivity index (χ1v) is 11.9. The van der Waals surface area contributed by atoms with Gasteiger partial charge in [0.1, 0.15) is 11.5 Å². The van der Waals surface area contributed by atoms with Crippen LogP contribution < -0.4 is 9.80 Å². The van der Waals surface area contributed by atoms with Crippen LogP contribution in [0.25, 0.3) is 6.08 Å². The molecule has 0 radical (unpaired) electrons. The van der Waals surface area contributed by atoms with Gasteiger partial charge in [0.2, 0.25) is 5.91 Å². The summed E-state index contributed by atoms with van der Waals surface area (Å²) in [5.41, 5.74) is 3.70. The Bertz CT molecular complexity index is 1300. The van der Waals surface area contributed by atoms with Gasteiger partial charge in [0, 0.05) is 12.2 Å². The first-order valence-electron chi connectivity index (χ1n) is 11.0. The smallest absolute Gasteiger partial charge is 0.283 e. The summed E-state index contributed by atoms with van der Waals surface area (Å²) < 4.78 is 13.5. The molecule has 0 fully saturated rings. The van der Waals surface area contributed by atoms with Crippen LogP contribution in [0.1, 0.15) is 18.1 Å². The standard InChI is InChI=1S/C27H22FN3O2S/c1-18(25(32)30-16-15-20-9-5-6-10-24(20)30)34-27-29-23(17-19-7-3-2-4-8-19)26(33)31(27)22-13-11-21(28)12-14-22/h2-14,17-18H,15-16H2,1H3/b23-17-. The quantitative estimate of drug-likeness (QED) is 0.487. The Kier molecular flexibility index (Phi) is 6.02. The lowest BCUT2D eigenvalue weighted by Crippen LogP contribution is -2.38. The number of nitrogens with zero attached hydrogens (tertiary/aromatic N) is 3. The van der Waals surface area contributed by atoms with E-state index in [1.54, 1.807) is 11.0 Å². The number of hydrogen-bond donors (Lipinski definition) is 0. The molecule has 2 amide bonds. The van der Waals surface area contributed by atoms with E-state index in [1.165, 1.54) is 40.9 Å². The topological polar surface area (TPSA) is 53.0 Å². The minimum Gasteiger partial charge on any atom is -0.311 e. The molecule has 1 atom stereocenters. The van der Waals surface area contributed by atoms with Gasteiger partial charge in [-0.05, 0) is 60.9 Å². The average molecular weight is 472 g/mol. The molecule has 2 aliphatic heterocycles. The van der Waals surface area contributed by atoms with Gasteiger partial charge >= 0.3 is 0 Å². The predicted molar refractivity (Wildman–Crippen MR) is 135 cm³/mol. The Hall–Kier alpha value is -3.71. The summed E-state index contributed by atoms with van der Waals surface area (Å²) in [6.45, 7) is 2.46. The van der Waals surface area contributed by atoms with Crippen molar-refractivity contribution in [1.82, 2.24) is 0 Å². The van der Waals surface area contributed by atoms with Crippen LogP contribution in [0.15, 0.2) is 89.6 Å². The summed E-state index contributed by atoms with van der Waals surface area (Å²) in [7, 11) is 0. The van der Waals surface area contributed by atoms with Gasteiger partial charge in [-0.3, -0.25) is 14.5 Å². The molecule has 34 heavy (non-hydrogen) atoms. The number of amidine groups is 1. The molecule has 2 aliphatic rings. The van der Waals surface area contributed by atoms with Crippen molar-refractivity contribution in [3.05, 3.63) is 102 Å². The molecular formula is C27H22FN3O2S. The molecule has 1 unspecified atom stereocenters. The number of carbonyl (C=O) groups is 2. The van der Waals surface area contributed by atoms with Crippen LogP contribution >= 0.6 is 11.8 Å². The molecule has 3 aromatic rings. The van der Waals surface area contributed by atoms with E-state index >= 15 is 0 Å². The van der Waals surface area contributed by atoms with Crippen LogP contribution in [0.3, 0.4) is 0 Å². The SMILES string of the molecule is CC(SC1=N/C(=C\c2ccccc2)C(=O)N1c1ccc(F)cc1)C(=O)N1CCc2ccccc21. The Morgan fingerprint density at radius 2 is 1.74 bits per heavy atom. The van der Waals surface area contributed by atoms with Crippen molar-refractivity contribution in [3.8, 4) is 0 Å². The molecule has 0 aliphatic carbocycles. The van der Waals surface area contributed by atoms with Crippen LogP contribution in [0.5, 0.6) is 0 Å². The summed E-state index contributed by atoms with van der Waals surface area (Å²) in [6.07, 6.45) is 2.54. The van der Waals surface area contributed by atoms with E-state index in [2.05, 4.69) is 4.99 Å². The van der Waals surface area contributed by atoms with Gasteiger partial charge in [-0.1, -0.05) is 60.3 Å². The molecule has 0 N–H and O–H groups in total. The lowest BCUT2D eigenvalue weighted by molar-refractivity contribution is -0.117. The Labute approximate surface area is 201 Å². The number of amides is 2. The zero-order valence-electron chi connectivity index (χ0n) is 18.5. The fourth-order valence-electron chi connectivity index (χ4n) is 4.10. The molecule has 0 aromatic heterocycles. The van der Waals surface area contributed by atoms with E-state index in [1.807, 2.05) is 61.5 Å². The number of halogens is 1. The zero-order chi connectivity index (χ0) is 23.7. The highest BCUT2D eigenvalue weighted by Gasteiger charge is 2.36. The molecule has 2 heterocycles. The number of thioether (sulfide) groups is 1. The number of para-hydroxylation sites is 1. The van der Waals surface area contributed by atoms with Crippen molar-refractivity contribution in [2.24, 2.45) is 4.99 Å². The van der Waals surface area contributed by atoms with E-state index in [9.17, 15) is 14.0 Å². The first-order chi connectivity index (χ1) is 16.5. The van der Waals surface area contributed by atoms with Crippen molar-refractivity contribution in [2.75, 3.05) is 16.3 Å². The molecule has 3 aromatic carbocycles. The van der Waals surface area contributed by atoms with Gasteiger partial charge in [-0.25, -0.2) is 9.38 Å². The highest BCUT2D eigenvalue weighted by atomic mass is 32.2. The maximum Gasteiger partial charge on any atom is 0.283 e. The molecule has 5 nitrogen and oxygen atoms in total. The highest BCUT2D eigenvalue weighted by molar-refractivity contribution is 8.15. The van der Waals surface area contributed by atoms with E-state index in [0.29, 0.717) is 17.4 Å². The van der Waals surface area contributed by atoms with Crippen molar-refractivity contribution in [2.45, 2.75) is 18.6 Å². The molecule has 7 heteroatoms. The van der Waals surface area contributed by atoms with E-state index in [-0.39, 0.29) is 17.5 Å². The van der Waals surface area contributed by atoms with Gasteiger partial charge in [-0.2, -0.15) is 0 Å². The molecule has 0 spiro atoms. The van der Waals surface area contributed by atoms with Crippen LogP contribution in [0.4, 0.5) is 15.8 Å². The Morgan fingerprint density at radius 1 is 1.03 bits per heavy atom. The maximum absolute atomic E-state index is 13.5. The van der Waals surface area contributed by atoms with Gasteiger partial charge in [-0.15, -0.1) is 0 Å². The second-order valence-corrected chi connectivity index (χ2v) is 9.39. The second kappa shape index (κ2) is 9.27. The third kappa shape index (κ3) is 4.26. The van der Waals surface area contributed by atoms with E-state index in [4.69, 9.17) is 0 Å². The first kappa shape index (κ1) is 22.1. The van der Waals surface area contributed by atoms with E-state index < -0.39 is 11.1 Å².